The van der Waals surface area contributed by atoms with E-state index in [0.29, 0.717) is 18.4 Å². The van der Waals surface area contributed by atoms with E-state index in [0.717, 1.165) is 11.4 Å². The molecule has 0 aliphatic heterocycles. The Morgan fingerprint density at radius 2 is 1.95 bits per heavy atom. The van der Waals surface area contributed by atoms with E-state index >= 15 is 0 Å². The molecule has 1 aromatic carbocycles. The fourth-order valence-electron chi connectivity index (χ4n) is 1.97. The first-order chi connectivity index (χ1) is 10.5. The minimum atomic E-state index is 0.170. The molecule has 4 nitrogen and oxygen atoms in total. The molecule has 118 valence electrons. The molecule has 1 aromatic heterocycles. The predicted molar refractivity (Wildman–Crippen MR) is 95.1 cm³/mol. The van der Waals surface area contributed by atoms with E-state index < -0.39 is 0 Å². The molecule has 5 heteroatoms. The van der Waals surface area contributed by atoms with Crippen molar-refractivity contribution in [2.75, 3.05) is 11.9 Å². The third-order valence-electron chi connectivity index (χ3n) is 3.15. The fraction of sp³-hybridized carbons (Fsp3) is 0.353. The van der Waals surface area contributed by atoms with E-state index in [1.807, 2.05) is 38.1 Å². The Labute approximate surface area is 136 Å². The topological polar surface area (TPSA) is 59.6 Å². The summed E-state index contributed by atoms with van der Waals surface area (Å²) in [6.45, 7) is 6.83. The zero-order valence-electron chi connectivity index (χ0n) is 13.2. The van der Waals surface area contributed by atoms with E-state index in [-0.39, 0.29) is 6.10 Å². The number of nitrogens with two attached hydrogens (primary N) is 1. The van der Waals surface area contributed by atoms with Crippen LogP contribution in [0.25, 0.3) is 0 Å². The molecule has 0 radical (unpaired) electrons. The molecule has 0 saturated carbocycles. The van der Waals surface area contributed by atoms with Crippen molar-refractivity contribution in [3.63, 3.8) is 0 Å². The van der Waals surface area contributed by atoms with Crippen molar-refractivity contribution in [2.45, 2.75) is 32.8 Å². The van der Waals surface area contributed by atoms with Gasteiger partial charge in [0.2, 0.25) is 0 Å². The number of nitrogens with one attached hydrogen (secondary N) is 1. The smallest absolute Gasteiger partial charge is 0.193 e. The Balaban J connectivity index is 1.88. The second-order valence-electron chi connectivity index (χ2n) is 5.50. The highest BCUT2D eigenvalue weighted by Gasteiger charge is 2.05. The van der Waals surface area contributed by atoms with Gasteiger partial charge in [0.15, 0.2) is 5.96 Å². The van der Waals surface area contributed by atoms with Crippen LogP contribution in [-0.2, 0) is 0 Å². The number of benzene rings is 1. The van der Waals surface area contributed by atoms with Crippen molar-refractivity contribution in [3.05, 3.63) is 46.7 Å². The number of anilines is 1. The van der Waals surface area contributed by atoms with Gasteiger partial charge in [-0.2, -0.15) is 11.3 Å². The van der Waals surface area contributed by atoms with Crippen molar-refractivity contribution in [2.24, 2.45) is 10.7 Å². The van der Waals surface area contributed by atoms with Gasteiger partial charge in [0.25, 0.3) is 0 Å². The lowest BCUT2D eigenvalue weighted by molar-refractivity contribution is 0.242. The van der Waals surface area contributed by atoms with Crippen LogP contribution >= 0.6 is 11.3 Å². The molecular formula is C17H23N3OS. The zero-order chi connectivity index (χ0) is 15.9. The highest BCUT2D eigenvalue weighted by atomic mass is 32.1. The number of hydrogen-bond acceptors (Lipinski definition) is 3. The largest absolute Gasteiger partial charge is 0.491 e. The highest BCUT2D eigenvalue weighted by molar-refractivity contribution is 7.07. The van der Waals surface area contributed by atoms with Gasteiger partial charge in [0, 0.05) is 18.2 Å². The maximum Gasteiger partial charge on any atom is 0.193 e. The number of ether oxygens (including phenoxy) is 1. The summed E-state index contributed by atoms with van der Waals surface area (Å²) >= 11 is 1.70. The molecule has 0 saturated heterocycles. The first-order valence-corrected chi connectivity index (χ1v) is 8.34. The number of hydrogen-bond donors (Lipinski definition) is 2. The molecule has 0 fully saturated rings. The van der Waals surface area contributed by atoms with Gasteiger partial charge in [-0.05, 0) is 60.5 Å². The standard InChI is InChI=1S/C17H23N3OS/c1-12(2)21-16-6-4-15(5-7-16)20-17(18)19-10-13(3)14-8-9-22-11-14/h4-9,11-13H,10H2,1-3H3,(H3,18,19,20). The first kappa shape index (κ1) is 16.4. The van der Waals surface area contributed by atoms with Gasteiger partial charge in [-0.1, -0.05) is 6.92 Å². The molecule has 0 amide bonds. The molecule has 0 aliphatic rings. The minimum absolute atomic E-state index is 0.170. The normalized spacial score (nSPS) is 13.2. The number of guanidine groups is 1. The Kier molecular flexibility index (Phi) is 5.83. The monoisotopic (exact) mass is 317 g/mol. The first-order valence-electron chi connectivity index (χ1n) is 7.40. The Morgan fingerprint density at radius 3 is 2.55 bits per heavy atom. The van der Waals surface area contributed by atoms with Crippen molar-refractivity contribution in [3.8, 4) is 5.75 Å². The molecule has 3 N–H and O–H groups in total. The van der Waals surface area contributed by atoms with E-state index in [9.17, 15) is 0 Å². The van der Waals surface area contributed by atoms with E-state index in [4.69, 9.17) is 10.5 Å². The van der Waals surface area contributed by atoms with Crippen LogP contribution in [0.4, 0.5) is 5.69 Å². The zero-order valence-corrected chi connectivity index (χ0v) is 14.1. The van der Waals surface area contributed by atoms with Crippen molar-refractivity contribution < 1.29 is 4.74 Å². The van der Waals surface area contributed by atoms with Crippen LogP contribution < -0.4 is 15.8 Å². The van der Waals surface area contributed by atoms with E-state index in [2.05, 4.69) is 34.1 Å². The number of rotatable bonds is 6. The lowest BCUT2D eigenvalue weighted by atomic mass is 10.1. The summed E-state index contributed by atoms with van der Waals surface area (Å²) in [6.07, 6.45) is 0.170. The Morgan fingerprint density at radius 1 is 1.23 bits per heavy atom. The van der Waals surface area contributed by atoms with Crippen LogP contribution in [0, 0.1) is 0 Å². The fourth-order valence-corrected chi connectivity index (χ4v) is 2.75. The average molecular weight is 317 g/mol. The maximum atomic E-state index is 5.94. The summed E-state index contributed by atoms with van der Waals surface area (Å²) in [5.74, 6) is 1.65. The maximum absolute atomic E-state index is 5.94. The summed E-state index contributed by atoms with van der Waals surface area (Å²) < 4.78 is 5.61. The van der Waals surface area contributed by atoms with Gasteiger partial charge in [0.1, 0.15) is 5.75 Å². The lowest BCUT2D eigenvalue weighted by Crippen LogP contribution is -2.23. The molecule has 1 atom stereocenters. The van der Waals surface area contributed by atoms with Crippen LogP contribution in [-0.4, -0.2) is 18.6 Å². The predicted octanol–water partition coefficient (Wildman–Crippen LogP) is 4.07. The Hall–Kier alpha value is -2.01. The molecule has 0 aliphatic carbocycles. The third kappa shape index (κ3) is 5.07. The van der Waals surface area contributed by atoms with Crippen LogP contribution in [0.2, 0.25) is 0 Å². The summed E-state index contributed by atoms with van der Waals surface area (Å²) in [7, 11) is 0. The van der Waals surface area contributed by atoms with Crippen LogP contribution in [0.15, 0.2) is 46.1 Å². The lowest BCUT2D eigenvalue weighted by Gasteiger charge is -2.11. The minimum Gasteiger partial charge on any atom is -0.491 e. The van der Waals surface area contributed by atoms with Crippen molar-refractivity contribution in [1.82, 2.24) is 0 Å². The average Bonchev–Trinajstić information content (AvgIpc) is 3.00. The molecule has 2 aromatic rings. The Bertz CT molecular complexity index is 591. The number of aliphatic imine (C=N–C) groups is 1. The molecule has 0 bridgehead atoms. The summed E-state index contributed by atoms with van der Waals surface area (Å²) in [5.41, 5.74) is 8.14. The molecule has 2 rings (SSSR count). The molecule has 1 unspecified atom stereocenters. The van der Waals surface area contributed by atoms with Crippen LogP contribution in [0.5, 0.6) is 5.75 Å². The molecule has 1 heterocycles. The van der Waals surface area contributed by atoms with Crippen LogP contribution in [0.1, 0.15) is 32.3 Å². The van der Waals surface area contributed by atoms with Crippen LogP contribution in [0.3, 0.4) is 0 Å². The summed E-state index contributed by atoms with van der Waals surface area (Å²) in [5, 5.41) is 7.33. The van der Waals surface area contributed by atoms with Gasteiger partial charge in [-0.25, -0.2) is 0 Å². The third-order valence-corrected chi connectivity index (χ3v) is 3.85. The second-order valence-corrected chi connectivity index (χ2v) is 6.28. The summed E-state index contributed by atoms with van der Waals surface area (Å²) in [6, 6.07) is 9.83. The number of thiophene rings is 1. The molecular weight excluding hydrogens is 294 g/mol. The molecule has 22 heavy (non-hydrogen) atoms. The SMILES string of the molecule is CC(C)Oc1ccc(NC(N)=NCC(C)c2ccsc2)cc1. The van der Waals surface area contributed by atoms with Gasteiger partial charge < -0.3 is 15.8 Å². The molecule has 0 spiro atoms. The van der Waals surface area contributed by atoms with Crippen molar-refractivity contribution in [1.29, 1.82) is 0 Å². The quantitative estimate of drug-likeness (QED) is 0.624. The summed E-state index contributed by atoms with van der Waals surface area (Å²) in [4.78, 5) is 4.40. The van der Waals surface area contributed by atoms with Crippen molar-refractivity contribution >= 4 is 23.0 Å². The van der Waals surface area contributed by atoms with Gasteiger partial charge in [0.05, 0.1) is 6.10 Å². The van der Waals surface area contributed by atoms with Gasteiger partial charge >= 0.3 is 0 Å². The van der Waals surface area contributed by atoms with Gasteiger partial charge in [-0.3, -0.25) is 4.99 Å². The van der Waals surface area contributed by atoms with Gasteiger partial charge in [-0.15, -0.1) is 0 Å². The highest BCUT2D eigenvalue weighted by Crippen LogP contribution is 2.19. The van der Waals surface area contributed by atoms with E-state index in [1.165, 1.54) is 5.56 Å². The second kappa shape index (κ2) is 7.84. The van der Waals surface area contributed by atoms with E-state index in [1.54, 1.807) is 11.3 Å². The number of nitrogens with zero attached hydrogens (tertiary/aromatic N) is 1.